The molecule has 13 heavy (non-hydrogen) atoms. The van der Waals surface area contributed by atoms with Crippen LogP contribution in [0, 0.1) is 9.65 Å². The van der Waals surface area contributed by atoms with Gasteiger partial charge >= 0.3 is 0 Å². The number of nitrogens with zero attached hydrogens (tertiary/aromatic N) is 1. The Balaban J connectivity index is 3.29. The van der Waals surface area contributed by atoms with Gasteiger partial charge in [0.05, 0.1) is 0 Å². The summed E-state index contributed by atoms with van der Waals surface area (Å²) < 4.78 is 37.8. The van der Waals surface area contributed by atoms with Gasteiger partial charge in [-0.2, -0.15) is 4.39 Å². The van der Waals surface area contributed by atoms with E-state index in [0.29, 0.717) is 0 Å². The minimum absolute atomic E-state index is 0.197. The number of rotatable bonds is 2. The second kappa shape index (κ2) is 4.23. The third-order valence-corrected chi connectivity index (χ3v) is 2.07. The lowest BCUT2D eigenvalue weighted by Gasteiger charge is -2.07. The van der Waals surface area contributed by atoms with E-state index < -0.39 is 12.4 Å². The molecule has 0 atom stereocenters. The first kappa shape index (κ1) is 10.7. The van der Waals surface area contributed by atoms with Crippen LogP contribution in [0.2, 0.25) is 0 Å². The van der Waals surface area contributed by atoms with Crippen molar-refractivity contribution in [1.82, 2.24) is 4.98 Å². The number of pyridine rings is 1. The molecule has 0 aromatic carbocycles. The highest BCUT2D eigenvalue weighted by Gasteiger charge is 2.17. The number of alkyl halides is 2. The van der Waals surface area contributed by atoms with Crippen LogP contribution in [0.1, 0.15) is 17.6 Å². The van der Waals surface area contributed by atoms with Gasteiger partial charge in [0.1, 0.15) is 3.70 Å². The average molecular weight is 302 g/mol. The Hall–Kier alpha value is -0.370. The fourth-order valence-electron chi connectivity index (χ4n) is 0.925. The van der Waals surface area contributed by atoms with Crippen LogP contribution in [0.15, 0.2) is 6.07 Å². The Kier molecular flexibility index (Phi) is 3.48. The molecule has 1 aromatic rings. The first-order chi connectivity index (χ1) is 6.06. The van der Waals surface area contributed by atoms with Gasteiger partial charge in [-0.3, -0.25) is 0 Å². The zero-order valence-electron chi connectivity index (χ0n) is 6.40. The van der Waals surface area contributed by atoms with E-state index >= 15 is 0 Å². The maximum Gasteiger partial charge on any atom is 0.264 e. The molecule has 0 saturated heterocycles. The summed E-state index contributed by atoms with van der Waals surface area (Å²) in [7, 11) is 0. The van der Waals surface area contributed by atoms with Gasteiger partial charge < -0.3 is 5.73 Å². The lowest BCUT2D eigenvalue weighted by atomic mass is 10.1. The molecule has 0 aliphatic heterocycles. The largest absolute Gasteiger partial charge is 0.326 e. The zero-order valence-corrected chi connectivity index (χ0v) is 8.56. The van der Waals surface area contributed by atoms with Crippen molar-refractivity contribution in [2.24, 2.45) is 5.73 Å². The Bertz CT molecular complexity index is 317. The molecule has 0 radical (unpaired) electrons. The topological polar surface area (TPSA) is 38.9 Å². The Morgan fingerprint density at radius 1 is 1.54 bits per heavy atom. The summed E-state index contributed by atoms with van der Waals surface area (Å²) in [6.45, 7) is -0.268. The second-order valence-corrected chi connectivity index (χ2v) is 3.41. The van der Waals surface area contributed by atoms with Gasteiger partial charge in [-0.25, -0.2) is 13.8 Å². The first-order valence-electron chi connectivity index (χ1n) is 3.39. The standard InChI is InChI=1S/C7H6F3IN2/c8-6(9)3-1-5(11)13-7(10)4(3)2-12/h1,6H,2,12H2. The molecule has 0 aliphatic carbocycles. The van der Waals surface area contributed by atoms with E-state index in [9.17, 15) is 13.2 Å². The van der Waals surface area contributed by atoms with Crippen LogP contribution in [0.4, 0.5) is 13.2 Å². The quantitative estimate of drug-likeness (QED) is 0.672. The van der Waals surface area contributed by atoms with Gasteiger partial charge in [-0.15, -0.1) is 0 Å². The SMILES string of the molecule is NCc1c(C(F)F)cc(I)nc1F. The molecule has 0 spiro atoms. The van der Waals surface area contributed by atoms with Crippen LogP contribution in [0.25, 0.3) is 0 Å². The minimum atomic E-state index is -2.72. The molecule has 0 aliphatic rings. The molecule has 72 valence electrons. The van der Waals surface area contributed by atoms with Crippen LogP contribution >= 0.6 is 22.6 Å². The van der Waals surface area contributed by atoms with Gasteiger partial charge in [0.25, 0.3) is 6.43 Å². The summed E-state index contributed by atoms with van der Waals surface area (Å²) in [6.07, 6.45) is -2.72. The predicted molar refractivity (Wildman–Crippen MR) is 49.8 cm³/mol. The molecular weight excluding hydrogens is 296 g/mol. The number of nitrogens with two attached hydrogens (primary N) is 1. The molecule has 0 fully saturated rings. The van der Waals surface area contributed by atoms with Crippen molar-refractivity contribution in [1.29, 1.82) is 0 Å². The van der Waals surface area contributed by atoms with Crippen molar-refractivity contribution in [2.75, 3.05) is 0 Å². The highest BCUT2D eigenvalue weighted by atomic mass is 127. The van der Waals surface area contributed by atoms with E-state index in [-0.39, 0.29) is 21.4 Å². The van der Waals surface area contributed by atoms with E-state index in [2.05, 4.69) is 4.98 Å². The minimum Gasteiger partial charge on any atom is -0.326 e. The predicted octanol–water partition coefficient (Wildman–Crippen LogP) is 2.22. The van der Waals surface area contributed by atoms with Crippen molar-refractivity contribution in [3.8, 4) is 0 Å². The van der Waals surface area contributed by atoms with Crippen molar-refractivity contribution in [3.05, 3.63) is 26.8 Å². The van der Waals surface area contributed by atoms with Crippen LogP contribution in [0.5, 0.6) is 0 Å². The van der Waals surface area contributed by atoms with E-state index in [4.69, 9.17) is 5.73 Å². The van der Waals surface area contributed by atoms with Gasteiger partial charge in [-0.05, 0) is 28.7 Å². The first-order valence-corrected chi connectivity index (χ1v) is 4.47. The molecule has 0 amide bonds. The number of halogens is 4. The Morgan fingerprint density at radius 2 is 2.15 bits per heavy atom. The van der Waals surface area contributed by atoms with Crippen LogP contribution in [-0.2, 0) is 6.54 Å². The normalized spacial score (nSPS) is 10.9. The summed E-state index contributed by atoms with van der Waals surface area (Å²) in [6, 6.07) is 1.14. The molecule has 1 aromatic heterocycles. The van der Waals surface area contributed by atoms with Crippen LogP contribution in [-0.4, -0.2) is 4.98 Å². The highest BCUT2D eigenvalue weighted by molar-refractivity contribution is 14.1. The van der Waals surface area contributed by atoms with E-state index in [1.54, 1.807) is 22.6 Å². The smallest absolute Gasteiger partial charge is 0.264 e. The number of aromatic nitrogens is 1. The number of hydrogen-bond donors (Lipinski definition) is 1. The molecule has 6 heteroatoms. The Morgan fingerprint density at radius 3 is 2.62 bits per heavy atom. The molecule has 2 N–H and O–H groups in total. The average Bonchev–Trinajstić information content (AvgIpc) is 2.02. The monoisotopic (exact) mass is 302 g/mol. The van der Waals surface area contributed by atoms with Crippen molar-refractivity contribution in [3.63, 3.8) is 0 Å². The molecule has 1 heterocycles. The van der Waals surface area contributed by atoms with E-state index in [1.807, 2.05) is 0 Å². The third-order valence-electron chi connectivity index (χ3n) is 1.52. The molecule has 0 unspecified atom stereocenters. The molecular formula is C7H6F3IN2. The van der Waals surface area contributed by atoms with Crippen molar-refractivity contribution >= 4 is 22.6 Å². The summed E-state index contributed by atoms with van der Waals surface area (Å²) in [4.78, 5) is 3.39. The molecule has 0 bridgehead atoms. The summed E-state index contributed by atoms with van der Waals surface area (Å²) >= 11 is 1.67. The lowest BCUT2D eigenvalue weighted by molar-refractivity contribution is 0.149. The third kappa shape index (κ3) is 2.31. The number of hydrogen-bond acceptors (Lipinski definition) is 2. The highest BCUT2D eigenvalue weighted by Crippen LogP contribution is 2.25. The summed E-state index contributed by atoms with van der Waals surface area (Å²) in [5.74, 6) is -0.912. The molecule has 1 rings (SSSR count). The Labute approximate surface area is 86.5 Å². The van der Waals surface area contributed by atoms with Gasteiger partial charge in [0.15, 0.2) is 0 Å². The van der Waals surface area contributed by atoms with Gasteiger partial charge in [0.2, 0.25) is 5.95 Å². The summed E-state index contributed by atoms with van der Waals surface area (Å²) in [5, 5.41) is 0. The molecule has 2 nitrogen and oxygen atoms in total. The van der Waals surface area contributed by atoms with Crippen LogP contribution < -0.4 is 5.73 Å². The molecule has 0 saturated carbocycles. The zero-order chi connectivity index (χ0) is 10.0. The van der Waals surface area contributed by atoms with Gasteiger partial charge in [0, 0.05) is 17.7 Å². The van der Waals surface area contributed by atoms with Gasteiger partial charge in [-0.1, -0.05) is 0 Å². The fourth-order valence-corrected chi connectivity index (χ4v) is 1.47. The van der Waals surface area contributed by atoms with E-state index in [1.165, 1.54) is 0 Å². The van der Waals surface area contributed by atoms with Crippen LogP contribution in [0.3, 0.4) is 0 Å². The van der Waals surface area contributed by atoms with Crippen molar-refractivity contribution in [2.45, 2.75) is 13.0 Å². The second-order valence-electron chi connectivity index (χ2n) is 2.31. The maximum absolute atomic E-state index is 12.9. The fraction of sp³-hybridized carbons (Fsp3) is 0.286. The maximum atomic E-state index is 12.9. The van der Waals surface area contributed by atoms with Crippen molar-refractivity contribution < 1.29 is 13.2 Å². The van der Waals surface area contributed by atoms with E-state index in [0.717, 1.165) is 6.07 Å². The summed E-state index contributed by atoms with van der Waals surface area (Å²) in [5.41, 5.74) is 4.54. The lowest BCUT2D eigenvalue weighted by Crippen LogP contribution is -2.08.